The van der Waals surface area contributed by atoms with Gasteiger partial charge >= 0.3 is 12.1 Å². The van der Waals surface area contributed by atoms with E-state index in [9.17, 15) is 9.59 Å². The van der Waals surface area contributed by atoms with Crippen LogP contribution in [0.25, 0.3) is 0 Å². The summed E-state index contributed by atoms with van der Waals surface area (Å²) in [7, 11) is 0. The molecule has 0 aliphatic carbocycles. The van der Waals surface area contributed by atoms with E-state index in [2.05, 4.69) is 10.3 Å². The molecular formula is C14H13ClN2O4S. The number of hydrogen-bond acceptors (Lipinski definition) is 5. The normalized spacial score (nSPS) is 11.7. The van der Waals surface area contributed by atoms with Crippen molar-refractivity contribution in [3.63, 3.8) is 0 Å². The molecule has 1 aromatic heterocycles. The van der Waals surface area contributed by atoms with Gasteiger partial charge < -0.3 is 15.2 Å². The summed E-state index contributed by atoms with van der Waals surface area (Å²) in [6.45, 7) is 0.100. The number of nitrogens with one attached hydrogen (secondary N) is 1. The molecule has 22 heavy (non-hydrogen) atoms. The molecule has 1 amide bonds. The maximum Gasteiger partial charge on any atom is 0.407 e. The second-order valence-corrected chi connectivity index (χ2v) is 5.61. The molecule has 1 heterocycles. The van der Waals surface area contributed by atoms with Crippen LogP contribution in [0.4, 0.5) is 4.79 Å². The summed E-state index contributed by atoms with van der Waals surface area (Å²) in [6, 6.07) is 8.39. The molecule has 1 atom stereocenters. The highest BCUT2D eigenvalue weighted by Gasteiger charge is 2.23. The summed E-state index contributed by atoms with van der Waals surface area (Å²) in [6.07, 6.45) is -1.01. The smallest absolute Gasteiger partial charge is 0.407 e. The Hall–Kier alpha value is -2.12. The third-order valence-electron chi connectivity index (χ3n) is 2.75. The zero-order valence-corrected chi connectivity index (χ0v) is 12.9. The molecular weight excluding hydrogens is 328 g/mol. The molecule has 2 N–H and O–H groups in total. The average Bonchev–Trinajstić information content (AvgIpc) is 2.91. The van der Waals surface area contributed by atoms with Crippen LogP contribution >= 0.6 is 22.9 Å². The first kappa shape index (κ1) is 16.3. The first-order chi connectivity index (χ1) is 10.6. The molecule has 0 spiro atoms. The average molecular weight is 341 g/mol. The fourth-order valence-electron chi connectivity index (χ4n) is 1.76. The van der Waals surface area contributed by atoms with Crippen LogP contribution in [0.2, 0.25) is 5.15 Å². The highest BCUT2D eigenvalue weighted by atomic mass is 35.5. The largest absolute Gasteiger partial charge is 0.481 e. The predicted molar refractivity (Wildman–Crippen MR) is 81.9 cm³/mol. The Bertz CT molecular complexity index is 647. The summed E-state index contributed by atoms with van der Waals surface area (Å²) in [5.41, 5.74) is 2.33. The monoisotopic (exact) mass is 340 g/mol. The number of ether oxygens (including phenoxy) is 1. The topological polar surface area (TPSA) is 88.5 Å². The molecule has 0 bridgehead atoms. The van der Waals surface area contributed by atoms with Gasteiger partial charge in [-0.05, 0) is 5.56 Å². The third-order valence-corrected chi connectivity index (χ3v) is 4.10. The number of carboxylic acid groups (broad SMARTS) is 1. The lowest BCUT2D eigenvalue weighted by molar-refractivity contribution is -0.137. The number of nitrogens with zero attached hydrogens (tertiary/aromatic N) is 1. The number of aromatic nitrogens is 1. The SMILES string of the molecule is O=C(O)C[C@@H](NC(=O)OCc1ccccc1)c1scnc1Cl. The van der Waals surface area contributed by atoms with E-state index in [0.29, 0.717) is 4.88 Å². The predicted octanol–water partition coefficient (Wildman–Crippen LogP) is 3.24. The van der Waals surface area contributed by atoms with Crippen molar-refractivity contribution in [1.82, 2.24) is 10.3 Å². The van der Waals surface area contributed by atoms with E-state index < -0.39 is 18.1 Å². The number of alkyl carbamates (subject to hydrolysis) is 1. The van der Waals surface area contributed by atoms with Crippen molar-refractivity contribution in [1.29, 1.82) is 0 Å². The third kappa shape index (κ3) is 4.71. The van der Waals surface area contributed by atoms with Crippen LogP contribution < -0.4 is 5.32 Å². The molecule has 1 aromatic carbocycles. The van der Waals surface area contributed by atoms with Gasteiger partial charge in [-0.3, -0.25) is 4.79 Å². The first-order valence-corrected chi connectivity index (χ1v) is 7.60. The van der Waals surface area contributed by atoms with Gasteiger partial charge in [0, 0.05) is 0 Å². The van der Waals surface area contributed by atoms with Crippen LogP contribution in [0.1, 0.15) is 22.9 Å². The zero-order valence-electron chi connectivity index (χ0n) is 11.4. The van der Waals surface area contributed by atoms with Gasteiger partial charge in [0.1, 0.15) is 11.8 Å². The van der Waals surface area contributed by atoms with Crippen LogP contribution in [-0.2, 0) is 16.1 Å². The summed E-state index contributed by atoms with van der Waals surface area (Å²) in [5.74, 6) is -1.06. The highest BCUT2D eigenvalue weighted by molar-refractivity contribution is 7.10. The number of halogens is 1. The summed E-state index contributed by atoms with van der Waals surface area (Å²) < 4.78 is 5.08. The van der Waals surface area contributed by atoms with Crippen molar-refractivity contribution in [2.75, 3.05) is 0 Å². The summed E-state index contributed by atoms with van der Waals surface area (Å²) >= 11 is 7.07. The standard InChI is InChI=1S/C14H13ClN2O4S/c15-13-12(22-8-16-13)10(6-11(18)19)17-14(20)21-7-9-4-2-1-3-5-9/h1-5,8,10H,6-7H2,(H,17,20)(H,18,19)/t10-/m1/s1. The van der Waals surface area contributed by atoms with Crippen molar-refractivity contribution >= 4 is 35.0 Å². The van der Waals surface area contributed by atoms with Crippen LogP contribution in [-0.4, -0.2) is 22.2 Å². The van der Waals surface area contributed by atoms with Gasteiger partial charge in [0.2, 0.25) is 0 Å². The Morgan fingerprint density at radius 1 is 1.36 bits per heavy atom. The van der Waals surface area contributed by atoms with E-state index >= 15 is 0 Å². The van der Waals surface area contributed by atoms with Crippen LogP contribution in [0.5, 0.6) is 0 Å². The van der Waals surface area contributed by atoms with Crippen molar-refractivity contribution in [2.24, 2.45) is 0 Å². The quantitative estimate of drug-likeness (QED) is 0.842. The van der Waals surface area contributed by atoms with E-state index in [1.807, 2.05) is 30.3 Å². The maximum absolute atomic E-state index is 11.8. The van der Waals surface area contributed by atoms with Crippen molar-refractivity contribution in [3.8, 4) is 0 Å². The molecule has 8 heteroatoms. The van der Waals surface area contributed by atoms with Gasteiger partial charge in [-0.25, -0.2) is 9.78 Å². The van der Waals surface area contributed by atoms with Crippen LogP contribution in [0, 0.1) is 0 Å². The van der Waals surface area contributed by atoms with E-state index in [1.54, 1.807) is 0 Å². The minimum Gasteiger partial charge on any atom is -0.481 e. The fraction of sp³-hybridized carbons (Fsp3) is 0.214. The number of aliphatic carboxylic acids is 1. The Kier molecular flexibility index (Phi) is 5.74. The number of carbonyl (C=O) groups excluding carboxylic acids is 1. The molecule has 6 nitrogen and oxygen atoms in total. The van der Waals surface area contributed by atoms with E-state index in [-0.39, 0.29) is 18.2 Å². The maximum atomic E-state index is 11.8. The molecule has 0 aliphatic rings. The van der Waals surface area contributed by atoms with Gasteiger partial charge in [-0.15, -0.1) is 11.3 Å². The second-order valence-electron chi connectivity index (χ2n) is 4.36. The molecule has 0 aliphatic heterocycles. The van der Waals surface area contributed by atoms with Crippen LogP contribution in [0.3, 0.4) is 0 Å². The first-order valence-electron chi connectivity index (χ1n) is 6.34. The van der Waals surface area contributed by atoms with Gasteiger partial charge in [0.05, 0.1) is 22.9 Å². The summed E-state index contributed by atoms with van der Waals surface area (Å²) in [5, 5.41) is 11.6. The number of benzene rings is 1. The number of amides is 1. The molecule has 0 radical (unpaired) electrons. The number of thiazole rings is 1. The summed E-state index contributed by atoms with van der Waals surface area (Å²) in [4.78, 5) is 27.1. The fourth-order valence-corrected chi connectivity index (χ4v) is 2.86. The minimum atomic E-state index is -1.06. The van der Waals surface area contributed by atoms with Crippen molar-refractivity contribution < 1.29 is 19.4 Å². The molecule has 2 rings (SSSR count). The van der Waals surface area contributed by atoms with Crippen molar-refractivity contribution in [3.05, 3.63) is 51.4 Å². The molecule has 0 unspecified atom stereocenters. The van der Waals surface area contributed by atoms with Crippen molar-refractivity contribution in [2.45, 2.75) is 19.1 Å². The van der Waals surface area contributed by atoms with E-state index in [4.69, 9.17) is 21.4 Å². The minimum absolute atomic E-state index is 0.100. The second kappa shape index (κ2) is 7.77. The highest BCUT2D eigenvalue weighted by Crippen LogP contribution is 2.28. The Morgan fingerprint density at radius 2 is 2.09 bits per heavy atom. The van der Waals surface area contributed by atoms with E-state index in [0.717, 1.165) is 5.56 Å². The van der Waals surface area contributed by atoms with Gasteiger partial charge in [-0.1, -0.05) is 41.9 Å². The molecule has 0 saturated heterocycles. The van der Waals surface area contributed by atoms with Gasteiger partial charge in [0.25, 0.3) is 0 Å². The lowest BCUT2D eigenvalue weighted by atomic mass is 10.2. The lowest BCUT2D eigenvalue weighted by Crippen LogP contribution is -2.30. The Labute approximate surface area is 135 Å². The number of carboxylic acids is 1. The zero-order chi connectivity index (χ0) is 15.9. The van der Waals surface area contributed by atoms with Gasteiger partial charge in [0.15, 0.2) is 0 Å². The molecule has 2 aromatic rings. The number of carbonyl (C=O) groups is 2. The Balaban J connectivity index is 1.96. The molecule has 116 valence electrons. The Morgan fingerprint density at radius 3 is 2.68 bits per heavy atom. The van der Waals surface area contributed by atoms with Gasteiger partial charge in [-0.2, -0.15) is 0 Å². The lowest BCUT2D eigenvalue weighted by Gasteiger charge is -2.15. The van der Waals surface area contributed by atoms with E-state index in [1.165, 1.54) is 16.8 Å². The molecule has 0 fully saturated rings. The number of hydrogen-bond donors (Lipinski definition) is 2. The van der Waals surface area contributed by atoms with Crippen LogP contribution in [0.15, 0.2) is 35.8 Å². The number of rotatable bonds is 6. The molecule has 0 saturated carbocycles.